The van der Waals surface area contributed by atoms with Gasteiger partial charge in [0.2, 0.25) is 5.91 Å². The van der Waals surface area contributed by atoms with Gasteiger partial charge in [-0.2, -0.15) is 0 Å². The van der Waals surface area contributed by atoms with Gasteiger partial charge in [-0.3, -0.25) is 4.79 Å². The fourth-order valence-electron chi connectivity index (χ4n) is 2.78. The average molecular weight is 325 g/mol. The van der Waals surface area contributed by atoms with Crippen molar-refractivity contribution < 1.29 is 14.3 Å². The Morgan fingerprint density at radius 3 is 2.50 bits per heavy atom. The number of likely N-dealkylation sites (N-methyl/N-ethyl adjacent to an activating group) is 1. The predicted molar refractivity (Wildman–Crippen MR) is 93.3 cm³/mol. The van der Waals surface area contributed by atoms with Gasteiger partial charge in [0.15, 0.2) is 11.5 Å². The molecule has 1 heterocycles. The molecule has 0 saturated heterocycles. The molecule has 0 aliphatic carbocycles. The number of ether oxygens (including phenoxy) is 2. The zero-order chi connectivity index (χ0) is 16.8. The standard InChI is InChI=1S/C20H23NO3/c1-2-21(15-16-7-4-3-5-8-16)20(22)14-17-9-10-18-19(13-17)24-12-6-11-23-18/h3-5,7-10,13H,2,6,11-12,14-15H2,1H3. The second-order valence-corrected chi connectivity index (χ2v) is 5.90. The van der Waals surface area contributed by atoms with Crippen molar-refractivity contribution in [2.24, 2.45) is 0 Å². The first-order chi connectivity index (χ1) is 11.8. The van der Waals surface area contributed by atoms with Crippen LogP contribution in [0.15, 0.2) is 48.5 Å². The van der Waals surface area contributed by atoms with Crippen molar-refractivity contribution in [1.29, 1.82) is 0 Å². The lowest BCUT2D eigenvalue weighted by Crippen LogP contribution is -2.31. The number of rotatable bonds is 5. The summed E-state index contributed by atoms with van der Waals surface area (Å²) in [5.74, 6) is 1.63. The van der Waals surface area contributed by atoms with Gasteiger partial charge >= 0.3 is 0 Å². The van der Waals surface area contributed by atoms with Crippen LogP contribution in [-0.2, 0) is 17.8 Å². The Hall–Kier alpha value is -2.49. The largest absolute Gasteiger partial charge is 0.490 e. The van der Waals surface area contributed by atoms with Crippen LogP contribution in [0.2, 0.25) is 0 Å². The van der Waals surface area contributed by atoms with Crippen molar-refractivity contribution in [2.75, 3.05) is 19.8 Å². The van der Waals surface area contributed by atoms with Gasteiger partial charge in [0.05, 0.1) is 19.6 Å². The van der Waals surface area contributed by atoms with Crippen LogP contribution in [-0.4, -0.2) is 30.6 Å². The summed E-state index contributed by atoms with van der Waals surface area (Å²) < 4.78 is 11.3. The zero-order valence-electron chi connectivity index (χ0n) is 14.0. The van der Waals surface area contributed by atoms with E-state index in [1.807, 2.05) is 60.4 Å². The minimum Gasteiger partial charge on any atom is -0.490 e. The number of nitrogens with zero attached hydrogens (tertiary/aromatic N) is 1. The first-order valence-corrected chi connectivity index (χ1v) is 8.46. The molecular formula is C20H23NO3. The zero-order valence-corrected chi connectivity index (χ0v) is 14.0. The molecular weight excluding hydrogens is 302 g/mol. The molecule has 2 aromatic rings. The Bertz CT molecular complexity index is 685. The van der Waals surface area contributed by atoms with Crippen molar-refractivity contribution in [3.63, 3.8) is 0 Å². The molecule has 2 aromatic carbocycles. The molecule has 126 valence electrons. The first-order valence-electron chi connectivity index (χ1n) is 8.46. The van der Waals surface area contributed by atoms with Crippen molar-refractivity contribution in [3.8, 4) is 11.5 Å². The molecule has 0 spiro atoms. The third-order valence-electron chi connectivity index (χ3n) is 4.12. The van der Waals surface area contributed by atoms with Crippen LogP contribution in [0.1, 0.15) is 24.5 Å². The highest BCUT2D eigenvalue weighted by Gasteiger charge is 2.16. The third-order valence-corrected chi connectivity index (χ3v) is 4.12. The fraction of sp³-hybridized carbons (Fsp3) is 0.350. The molecule has 0 aromatic heterocycles. The Morgan fingerprint density at radius 1 is 1.00 bits per heavy atom. The minimum absolute atomic E-state index is 0.121. The number of amides is 1. The lowest BCUT2D eigenvalue weighted by atomic mass is 10.1. The number of fused-ring (bicyclic) bond motifs is 1. The fourth-order valence-corrected chi connectivity index (χ4v) is 2.78. The first kappa shape index (κ1) is 16.4. The summed E-state index contributed by atoms with van der Waals surface area (Å²) in [6.45, 7) is 4.67. The molecule has 0 unspecified atom stereocenters. The van der Waals surface area contributed by atoms with Crippen LogP contribution in [0.25, 0.3) is 0 Å². The highest BCUT2D eigenvalue weighted by atomic mass is 16.5. The summed E-state index contributed by atoms with van der Waals surface area (Å²) >= 11 is 0. The third kappa shape index (κ3) is 4.07. The molecule has 1 aliphatic heterocycles. The number of benzene rings is 2. The van der Waals surface area contributed by atoms with Crippen molar-refractivity contribution >= 4 is 5.91 Å². The quantitative estimate of drug-likeness (QED) is 0.845. The Morgan fingerprint density at radius 2 is 1.75 bits per heavy atom. The Balaban J connectivity index is 1.68. The van der Waals surface area contributed by atoms with Crippen LogP contribution in [0, 0.1) is 0 Å². The molecule has 0 N–H and O–H groups in total. The summed E-state index contributed by atoms with van der Waals surface area (Å²) in [7, 11) is 0. The maximum Gasteiger partial charge on any atom is 0.227 e. The summed E-state index contributed by atoms with van der Waals surface area (Å²) in [4.78, 5) is 14.5. The van der Waals surface area contributed by atoms with Crippen LogP contribution in [0.4, 0.5) is 0 Å². The van der Waals surface area contributed by atoms with Crippen molar-refractivity contribution in [3.05, 3.63) is 59.7 Å². The van der Waals surface area contributed by atoms with E-state index in [1.54, 1.807) is 0 Å². The van der Waals surface area contributed by atoms with E-state index < -0.39 is 0 Å². The highest BCUT2D eigenvalue weighted by Crippen LogP contribution is 2.30. The van der Waals surface area contributed by atoms with Crippen LogP contribution in [0.3, 0.4) is 0 Å². The molecule has 1 amide bonds. The molecule has 0 radical (unpaired) electrons. The van der Waals surface area contributed by atoms with Gasteiger partial charge < -0.3 is 14.4 Å². The maximum absolute atomic E-state index is 12.6. The van der Waals surface area contributed by atoms with Crippen LogP contribution < -0.4 is 9.47 Å². The summed E-state index contributed by atoms with van der Waals surface area (Å²) in [6.07, 6.45) is 1.25. The molecule has 24 heavy (non-hydrogen) atoms. The number of carbonyl (C=O) groups excluding carboxylic acids is 1. The minimum atomic E-state index is 0.121. The van der Waals surface area contributed by atoms with E-state index in [-0.39, 0.29) is 5.91 Å². The molecule has 4 nitrogen and oxygen atoms in total. The second kappa shape index (κ2) is 7.86. The SMILES string of the molecule is CCN(Cc1ccccc1)C(=O)Cc1ccc2c(c1)OCCCO2. The van der Waals surface area contributed by atoms with E-state index in [1.165, 1.54) is 0 Å². The molecule has 0 fully saturated rings. The molecule has 0 atom stereocenters. The van der Waals surface area contributed by atoms with Gasteiger partial charge in [0.25, 0.3) is 0 Å². The average Bonchev–Trinajstić information content (AvgIpc) is 2.85. The van der Waals surface area contributed by atoms with Gasteiger partial charge in [-0.15, -0.1) is 0 Å². The second-order valence-electron chi connectivity index (χ2n) is 5.90. The molecule has 0 bridgehead atoms. The van der Waals surface area contributed by atoms with E-state index >= 15 is 0 Å². The molecule has 4 heteroatoms. The van der Waals surface area contributed by atoms with Crippen LogP contribution >= 0.6 is 0 Å². The number of carbonyl (C=O) groups is 1. The lowest BCUT2D eigenvalue weighted by Gasteiger charge is -2.21. The summed E-state index contributed by atoms with van der Waals surface area (Å²) in [5.41, 5.74) is 2.10. The highest BCUT2D eigenvalue weighted by molar-refractivity contribution is 5.79. The lowest BCUT2D eigenvalue weighted by molar-refractivity contribution is -0.130. The van der Waals surface area contributed by atoms with E-state index in [0.717, 1.165) is 29.0 Å². The predicted octanol–water partition coefficient (Wildman–Crippen LogP) is 3.44. The van der Waals surface area contributed by atoms with Crippen molar-refractivity contribution in [2.45, 2.75) is 26.3 Å². The topological polar surface area (TPSA) is 38.8 Å². The Kier molecular flexibility index (Phi) is 5.36. The normalized spacial score (nSPS) is 13.2. The van der Waals surface area contributed by atoms with E-state index in [9.17, 15) is 4.79 Å². The maximum atomic E-state index is 12.6. The van der Waals surface area contributed by atoms with Gasteiger partial charge in [-0.1, -0.05) is 36.4 Å². The summed E-state index contributed by atoms with van der Waals surface area (Å²) in [5, 5.41) is 0. The number of hydrogen-bond donors (Lipinski definition) is 0. The van der Waals surface area contributed by atoms with Crippen molar-refractivity contribution in [1.82, 2.24) is 4.90 Å². The monoisotopic (exact) mass is 325 g/mol. The Labute approximate surface area is 143 Å². The van der Waals surface area contributed by atoms with E-state index in [2.05, 4.69) is 0 Å². The number of hydrogen-bond acceptors (Lipinski definition) is 3. The van der Waals surface area contributed by atoms with E-state index in [4.69, 9.17) is 9.47 Å². The van der Waals surface area contributed by atoms with Gasteiger partial charge in [0, 0.05) is 19.5 Å². The molecule has 0 saturated carbocycles. The molecule has 3 rings (SSSR count). The van der Waals surface area contributed by atoms with Gasteiger partial charge in [0.1, 0.15) is 0 Å². The molecule has 1 aliphatic rings. The smallest absolute Gasteiger partial charge is 0.227 e. The van der Waals surface area contributed by atoms with E-state index in [0.29, 0.717) is 32.7 Å². The van der Waals surface area contributed by atoms with Gasteiger partial charge in [-0.05, 0) is 30.2 Å². The summed E-state index contributed by atoms with van der Waals surface area (Å²) in [6, 6.07) is 15.8. The van der Waals surface area contributed by atoms with Crippen LogP contribution in [0.5, 0.6) is 11.5 Å². The van der Waals surface area contributed by atoms with Gasteiger partial charge in [-0.25, -0.2) is 0 Å².